The molecule has 1 saturated carbocycles. The fourth-order valence-corrected chi connectivity index (χ4v) is 3.63. The van der Waals surface area contributed by atoms with Crippen molar-refractivity contribution < 1.29 is 0 Å². The molecule has 0 amide bonds. The summed E-state index contributed by atoms with van der Waals surface area (Å²) in [5.74, 6) is 0.941. The summed E-state index contributed by atoms with van der Waals surface area (Å²) in [6.07, 6.45) is 8.12. The second kappa shape index (κ2) is 5.85. The fraction of sp³-hybridized carbons (Fsp3) is 0.647. The van der Waals surface area contributed by atoms with Crippen LogP contribution in [0.4, 0.5) is 11.4 Å². The standard InChI is InChI=1S/C17H26N2/c1-2-14-9-10-15(13-14)18-16-7-3-4-8-17(16)19-11-5-6-12-19/h3-4,7-8,14-15,18H,2,5-6,9-13H2,1H3. The molecule has 2 heteroatoms. The maximum absolute atomic E-state index is 3.81. The molecule has 1 heterocycles. The van der Waals surface area contributed by atoms with E-state index in [1.807, 2.05) is 0 Å². The van der Waals surface area contributed by atoms with Gasteiger partial charge in [0.25, 0.3) is 0 Å². The predicted octanol–water partition coefficient (Wildman–Crippen LogP) is 4.28. The average Bonchev–Trinajstić information content (AvgIpc) is 3.10. The molecule has 104 valence electrons. The van der Waals surface area contributed by atoms with Gasteiger partial charge in [0.1, 0.15) is 0 Å². The van der Waals surface area contributed by atoms with Gasteiger partial charge < -0.3 is 10.2 Å². The largest absolute Gasteiger partial charge is 0.381 e. The van der Waals surface area contributed by atoms with Crippen molar-refractivity contribution in [1.82, 2.24) is 0 Å². The molecule has 1 aromatic rings. The van der Waals surface area contributed by atoms with Crippen molar-refractivity contribution in [2.75, 3.05) is 23.3 Å². The summed E-state index contributed by atoms with van der Waals surface area (Å²) in [5, 5.41) is 3.81. The monoisotopic (exact) mass is 258 g/mol. The summed E-state index contributed by atoms with van der Waals surface area (Å²) in [7, 11) is 0. The van der Waals surface area contributed by atoms with Gasteiger partial charge in [0.05, 0.1) is 11.4 Å². The number of hydrogen-bond acceptors (Lipinski definition) is 2. The van der Waals surface area contributed by atoms with Gasteiger partial charge in [0, 0.05) is 19.1 Å². The maximum Gasteiger partial charge on any atom is 0.0602 e. The van der Waals surface area contributed by atoms with Crippen molar-refractivity contribution in [2.45, 2.75) is 51.5 Å². The minimum Gasteiger partial charge on any atom is -0.381 e. The van der Waals surface area contributed by atoms with Crippen LogP contribution in [0.5, 0.6) is 0 Å². The van der Waals surface area contributed by atoms with Crippen LogP contribution in [0.15, 0.2) is 24.3 Å². The van der Waals surface area contributed by atoms with Crippen molar-refractivity contribution in [2.24, 2.45) is 5.92 Å². The van der Waals surface area contributed by atoms with E-state index < -0.39 is 0 Å². The van der Waals surface area contributed by atoms with E-state index in [2.05, 4.69) is 41.4 Å². The fourth-order valence-electron chi connectivity index (χ4n) is 3.63. The molecule has 0 aromatic heterocycles. The number of benzene rings is 1. The molecule has 19 heavy (non-hydrogen) atoms. The first-order valence-electron chi connectivity index (χ1n) is 7.97. The number of nitrogens with one attached hydrogen (secondary N) is 1. The quantitative estimate of drug-likeness (QED) is 0.867. The lowest BCUT2D eigenvalue weighted by Gasteiger charge is -2.24. The Morgan fingerprint density at radius 2 is 1.95 bits per heavy atom. The Morgan fingerprint density at radius 3 is 2.68 bits per heavy atom. The predicted molar refractivity (Wildman–Crippen MR) is 82.9 cm³/mol. The molecule has 0 bridgehead atoms. The van der Waals surface area contributed by atoms with Gasteiger partial charge in [-0.05, 0) is 50.2 Å². The first kappa shape index (κ1) is 12.8. The van der Waals surface area contributed by atoms with Gasteiger partial charge in [-0.25, -0.2) is 0 Å². The highest BCUT2D eigenvalue weighted by atomic mass is 15.2. The van der Waals surface area contributed by atoms with E-state index in [0.29, 0.717) is 6.04 Å². The third-order valence-corrected chi connectivity index (χ3v) is 4.83. The summed E-state index contributed by atoms with van der Waals surface area (Å²) >= 11 is 0. The number of rotatable bonds is 4. The summed E-state index contributed by atoms with van der Waals surface area (Å²) in [6.45, 7) is 4.77. The second-order valence-electron chi connectivity index (χ2n) is 6.14. The molecule has 2 fully saturated rings. The van der Waals surface area contributed by atoms with Crippen LogP contribution in [0.3, 0.4) is 0 Å². The summed E-state index contributed by atoms with van der Waals surface area (Å²) in [5.41, 5.74) is 2.77. The number of para-hydroxylation sites is 2. The number of nitrogens with zero attached hydrogens (tertiary/aromatic N) is 1. The Balaban J connectivity index is 1.70. The molecule has 0 radical (unpaired) electrons. The molecule has 2 unspecified atom stereocenters. The minimum atomic E-state index is 0.689. The third kappa shape index (κ3) is 2.88. The molecule has 1 saturated heterocycles. The van der Waals surface area contributed by atoms with Gasteiger partial charge in [0.2, 0.25) is 0 Å². The molecule has 2 nitrogen and oxygen atoms in total. The molecule has 1 aliphatic heterocycles. The number of anilines is 2. The van der Waals surface area contributed by atoms with E-state index in [0.717, 1.165) is 5.92 Å². The van der Waals surface area contributed by atoms with Crippen molar-refractivity contribution in [1.29, 1.82) is 0 Å². The van der Waals surface area contributed by atoms with Crippen LogP contribution in [0, 0.1) is 5.92 Å². The van der Waals surface area contributed by atoms with Crippen molar-refractivity contribution in [3.05, 3.63) is 24.3 Å². The van der Waals surface area contributed by atoms with E-state index >= 15 is 0 Å². The lowest BCUT2D eigenvalue weighted by Crippen LogP contribution is -2.22. The second-order valence-corrected chi connectivity index (χ2v) is 6.14. The van der Waals surface area contributed by atoms with E-state index in [1.165, 1.54) is 63.0 Å². The van der Waals surface area contributed by atoms with Gasteiger partial charge in [-0.15, -0.1) is 0 Å². The summed E-state index contributed by atoms with van der Waals surface area (Å²) < 4.78 is 0. The molecule has 2 aliphatic rings. The zero-order chi connectivity index (χ0) is 13.1. The molecule has 3 rings (SSSR count). The molecule has 1 aromatic carbocycles. The summed E-state index contributed by atoms with van der Waals surface area (Å²) in [6, 6.07) is 9.55. The Hall–Kier alpha value is -1.18. The van der Waals surface area contributed by atoms with Crippen molar-refractivity contribution >= 4 is 11.4 Å². The lowest BCUT2D eigenvalue weighted by molar-refractivity contribution is 0.525. The van der Waals surface area contributed by atoms with Crippen molar-refractivity contribution in [3.63, 3.8) is 0 Å². The molecule has 1 aliphatic carbocycles. The molecule has 2 atom stereocenters. The van der Waals surface area contributed by atoms with Crippen LogP contribution in [-0.4, -0.2) is 19.1 Å². The van der Waals surface area contributed by atoms with Crippen LogP contribution in [0.25, 0.3) is 0 Å². The highest BCUT2D eigenvalue weighted by molar-refractivity contribution is 5.70. The van der Waals surface area contributed by atoms with Gasteiger partial charge in [0.15, 0.2) is 0 Å². The highest BCUT2D eigenvalue weighted by Crippen LogP contribution is 2.34. The zero-order valence-corrected chi connectivity index (χ0v) is 12.1. The number of hydrogen-bond donors (Lipinski definition) is 1. The average molecular weight is 258 g/mol. The van der Waals surface area contributed by atoms with Crippen LogP contribution in [-0.2, 0) is 0 Å². The molecular formula is C17H26N2. The Labute approximate surface area is 117 Å². The normalized spacial score (nSPS) is 26.9. The van der Waals surface area contributed by atoms with E-state index in [-0.39, 0.29) is 0 Å². The smallest absolute Gasteiger partial charge is 0.0602 e. The van der Waals surface area contributed by atoms with Gasteiger partial charge in [-0.3, -0.25) is 0 Å². The molecular weight excluding hydrogens is 232 g/mol. The lowest BCUT2D eigenvalue weighted by atomic mass is 10.1. The Kier molecular flexibility index (Phi) is 3.95. The Morgan fingerprint density at radius 1 is 1.16 bits per heavy atom. The topological polar surface area (TPSA) is 15.3 Å². The van der Waals surface area contributed by atoms with Crippen LogP contribution >= 0.6 is 0 Å². The Bertz CT molecular complexity index is 409. The van der Waals surface area contributed by atoms with E-state index in [9.17, 15) is 0 Å². The van der Waals surface area contributed by atoms with Crippen LogP contribution < -0.4 is 10.2 Å². The van der Waals surface area contributed by atoms with Crippen molar-refractivity contribution in [3.8, 4) is 0 Å². The van der Waals surface area contributed by atoms with Gasteiger partial charge >= 0.3 is 0 Å². The first-order valence-corrected chi connectivity index (χ1v) is 7.97. The van der Waals surface area contributed by atoms with Gasteiger partial charge in [-0.2, -0.15) is 0 Å². The molecule has 1 N–H and O–H groups in total. The maximum atomic E-state index is 3.81. The SMILES string of the molecule is CCC1CCC(Nc2ccccc2N2CCCC2)C1. The highest BCUT2D eigenvalue weighted by Gasteiger charge is 2.24. The molecule has 0 spiro atoms. The third-order valence-electron chi connectivity index (χ3n) is 4.83. The van der Waals surface area contributed by atoms with Crippen LogP contribution in [0.1, 0.15) is 45.4 Å². The van der Waals surface area contributed by atoms with Crippen LogP contribution in [0.2, 0.25) is 0 Å². The summed E-state index contributed by atoms with van der Waals surface area (Å²) in [4.78, 5) is 2.54. The van der Waals surface area contributed by atoms with Gasteiger partial charge in [-0.1, -0.05) is 25.5 Å². The minimum absolute atomic E-state index is 0.689. The van der Waals surface area contributed by atoms with E-state index in [4.69, 9.17) is 0 Å². The van der Waals surface area contributed by atoms with E-state index in [1.54, 1.807) is 0 Å². The zero-order valence-electron chi connectivity index (χ0n) is 12.1. The first-order chi connectivity index (χ1) is 9.36.